The summed E-state index contributed by atoms with van der Waals surface area (Å²) in [6, 6.07) is 15.1. The number of piperazine rings is 1. The van der Waals surface area contributed by atoms with Crippen molar-refractivity contribution in [2.24, 2.45) is 0 Å². The number of halogens is 2. The third-order valence-corrected chi connectivity index (χ3v) is 4.36. The molecule has 0 aromatic heterocycles. The molecule has 1 fully saturated rings. The molecule has 1 saturated heterocycles. The van der Waals surface area contributed by atoms with Crippen LogP contribution < -0.4 is 15.4 Å². The van der Waals surface area contributed by atoms with Gasteiger partial charge < -0.3 is 15.4 Å². The van der Waals surface area contributed by atoms with Crippen LogP contribution >= 0.6 is 0 Å². The van der Waals surface area contributed by atoms with Crippen molar-refractivity contribution in [3.8, 4) is 5.75 Å². The van der Waals surface area contributed by atoms with Crippen LogP contribution in [-0.4, -0.2) is 49.5 Å². The molecule has 2 aromatic rings. The van der Waals surface area contributed by atoms with Crippen LogP contribution in [0.15, 0.2) is 54.6 Å². The zero-order chi connectivity index (χ0) is 19.9. The lowest BCUT2D eigenvalue weighted by atomic mass is 9.98. The number of hydrogen-bond donors (Lipinski definition) is 2. The summed E-state index contributed by atoms with van der Waals surface area (Å²) in [5.74, 6) is -0.277. The van der Waals surface area contributed by atoms with Gasteiger partial charge >= 0.3 is 6.61 Å². The second-order valence-corrected chi connectivity index (χ2v) is 6.42. The van der Waals surface area contributed by atoms with E-state index in [0.717, 1.165) is 11.1 Å². The second-order valence-electron chi connectivity index (χ2n) is 6.42. The molecule has 0 bridgehead atoms. The molecule has 0 saturated carbocycles. The van der Waals surface area contributed by atoms with Crippen molar-refractivity contribution in [3.63, 3.8) is 0 Å². The van der Waals surface area contributed by atoms with Crippen LogP contribution in [0.4, 0.5) is 8.78 Å². The van der Waals surface area contributed by atoms with Gasteiger partial charge in [-0.05, 0) is 23.3 Å². The Kier molecular flexibility index (Phi) is 6.54. The van der Waals surface area contributed by atoms with Crippen LogP contribution in [0.25, 0.3) is 0 Å². The Hall–Kier alpha value is -3.00. The maximum absolute atomic E-state index is 12.6. The first kappa shape index (κ1) is 19.8. The number of ether oxygens (including phenoxy) is 1. The molecule has 28 heavy (non-hydrogen) atoms. The standard InChI is InChI=1S/C20H21F2N3O3/c21-20(22)28-16-8-6-15(7-9-16)19(14-4-2-1-3-5-14)24-18(27)13-25-11-10-23-17(26)12-25/h1-9,19-20H,10-13H2,(H,23,26)(H,24,27)/t19-/m0/s1. The first-order valence-corrected chi connectivity index (χ1v) is 8.89. The third kappa shape index (κ3) is 5.50. The maximum atomic E-state index is 12.6. The Morgan fingerprint density at radius 1 is 1.11 bits per heavy atom. The smallest absolute Gasteiger partial charge is 0.387 e. The zero-order valence-corrected chi connectivity index (χ0v) is 15.1. The predicted octanol–water partition coefficient (Wildman–Crippen LogP) is 1.93. The van der Waals surface area contributed by atoms with Gasteiger partial charge in [0.05, 0.1) is 19.1 Å². The highest BCUT2D eigenvalue weighted by Gasteiger charge is 2.22. The molecule has 2 N–H and O–H groups in total. The average Bonchev–Trinajstić information content (AvgIpc) is 2.67. The molecular formula is C20H21F2N3O3. The van der Waals surface area contributed by atoms with Crippen LogP contribution in [0.2, 0.25) is 0 Å². The van der Waals surface area contributed by atoms with Crippen molar-refractivity contribution in [1.82, 2.24) is 15.5 Å². The van der Waals surface area contributed by atoms with E-state index in [1.54, 1.807) is 17.0 Å². The fraction of sp³-hybridized carbons (Fsp3) is 0.300. The largest absolute Gasteiger partial charge is 0.435 e. The highest BCUT2D eigenvalue weighted by atomic mass is 19.3. The molecule has 3 rings (SSSR count). The summed E-state index contributed by atoms with van der Waals surface area (Å²) in [5, 5.41) is 5.69. The van der Waals surface area contributed by atoms with Crippen molar-refractivity contribution in [3.05, 3.63) is 65.7 Å². The molecule has 2 amide bonds. The number of rotatable bonds is 7. The normalized spacial score (nSPS) is 15.8. The number of hydrogen-bond acceptors (Lipinski definition) is 4. The highest BCUT2D eigenvalue weighted by molar-refractivity contribution is 5.82. The summed E-state index contributed by atoms with van der Waals surface area (Å²) in [6.45, 7) is -1.49. The highest BCUT2D eigenvalue weighted by Crippen LogP contribution is 2.25. The SMILES string of the molecule is O=C1CN(CC(=O)N[C@@H](c2ccccc2)c2ccc(OC(F)F)cc2)CCN1. The first-order valence-electron chi connectivity index (χ1n) is 8.89. The Morgan fingerprint density at radius 2 is 1.79 bits per heavy atom. The lowest BCUT2D eigenvalue weighted by Crippen LogP contribution is -2.50. The Bertz CT molecular complexity index is 800. The molecule has 0 radical (unpaired) electrons. The molecule has 1 aliphatic heterocycles. The summed E-state index contributed by atoms with van der Waals surface area (Å²) in [5.41, 5.74) is 1.59. The van der Waals surface area contributed by atoms with E-state index in [4.69, 9.17) is 0 Å². The minimum atomic E-state index is -2.89. The summed E-state index contributed by atoms with van der Waals surface area (Å²) in [7, 11) is 0. The number of amides is 2. The van der Waals surface area contributed by atoms with Gasteiger partial charge in [0, 0.05) is 13.1 Å². The molecule has 148 valence electrons. The quantitative estimate of drug-likeness (QED) is 0.759. The summed E-state index contributed by atoms with van der Waals surface area (Å²) in [6.07, 6.45) is 0. The van der Waals surface area contributed by atoms with Gasteiger partial charge in [0.1, 0.15) is 5.75 Å². The third-order valence-electron chi connectivity index (χ3n) is 4.36. The second kappa shape index (κ2) is 9.27. The summed E-state index contributed by atoms with van der Waals surface area (Å²) >= 11 is 0. The van der Waals surface area contributed by atoms with E-state index >= 15 is 0 Å². The molecular weight excluding hydrogens is 368 g/mol. The molecule has 6 nitrogen and oxygen atoms in total. The molecule has 1 atom stereocenters. The fourth-order valence-corrected chi connectivity index (χ4v) is 3.08. The first-order chi connectivity index (χ1) is 13.5. The minimum absolute atomic E-state index is 0.0521. The van der Waals surface area contributed by atoms with E-state index in [1.807, 2.05) is 30.3 Å². The number of nitrogens with one attached hydrogen (secondary N) is 2. The fourth-order valence-electron chi connectivity index (χ4n) is 3.08. The summed E-state index contributed by atoms with van der Waals surface area (Å²) in [4.78, 5) is 25.8. The van der Waals surface area contributed by atoms with E-state index in [9.17, 15) is 18.4 Å². The number of benzene rings is 2. The number of carbonyl (C=O) groups excluding carboxylic acids is 2. The van der Waals surface area contributed by atoms with E-state index in [2.05, 4.69) is 15.4 Å². The average molecular weight is 389 g/mol. The van der Waals surface area contributed by atoms with Gasteiger partial charge in [-0.2, -0.15) is 8.78 Å². The van der Waals surface area contributed by atoms with Crippen molar-refractivity contribution < 1.29 is 23.1 Å². The van der Waals surface area contributed by atoms with Crippen molar-refractivity contribution in [1.29, 1.82) is 0 Å². The molecule has 0 spiro atoms. The van der Waals surface area contributed by atoms with Crippen LogP contribution in [0.1, 0.15) is 17.2 Å². The lowest BCUT2D eigenvalue weighted by molar-refractivity contribution is -0.127. The van der Waals surface area contributed by atoms with E-state index in [1.165, 1.54) is 12.1 Å². The van der Waals surface area contributed by atoms with Gasteiger partial charge in [-0.1, -0.05) is 42.5 Å². The van der Waals surface area contributed by atoms with E-state index < -0.39 is 12.7 Å². The zero-order valence-electron chi connectivity index (χ0n) is 15.1. The van der Waals surface area contributed by atoms with Crippen LogP contribution in [0.5, 0.6) is 5.75 Å². The van der Waals surface area contributed by atoms with Gasteiger partial charge in [-0.3, -0.25) is 14.5 Å². The Labute approximate surface area is 161 Å². The molecule has 1 aliphatic rings. The van der Waals surface area contributed by atoms with Crippen LogP contribution in [-0.2, 0) is 9.59 Å². The number of alkyl halides is 2. The molecule has 2 aromatic carbocycles. The van der Waals surface area contributed by atoms with E-state index in [0.29, 0.717) is 13.1 Å². The monoisotopic (exact) mass is 389 g/mol. The van der Waals surface area contributed by atoms with Crippen molar-refractivity contribution in [2.45, 2.75) is 12.7 Å². The summed E-state index contributed by atoms with van der Waals surface area (Å²) < 4.78 is 29.1. The Morgan fingerprint density at radius 3 is 2.43 bits per heavy atom. The molecule has 8 heteroatoms. The van der Waals surface area contributed by atoms with Gasteiger partial charge in [0.15, 0.2) is 0 Å². The van der Waals surface area contributed by atoms with Gasteiger partial charge in [-0.15, -0.1) is 0 Å². The van der Waals surface area contributed by atoms with Gasteiger partial charge in [-0.25, -0.2) is 0 Å². The Balaban J connectivity index is 1.74. The molecule has 1 heterocycles. The molecule has 0 unspecified atom stereocenters. The van der Waals surface area contributed by atoms with Gasteiger partial charge in [0.2, 0.25) is 11.8 Å². The minimum Gasteiger partial charge on any atom is -0.435 e. The lowest BCUT2D eigenvalue weighted by Gasteiger charge is -2.27. The van der Waals surface area contributed by atoms with Crippen molar-refractivity contribution in [2.75, 3.05) is 26.2 Å². The van der Waals surface area contributed by atoms with Gasteiger partial charge in [0.25, 0.3) is 0 Å². The topological polar surface area (TPSA) is 70.7 Å². The van der Waals surface area contributed by atoms with Crippen molar-refractivity contribution >= 4 is 11.8 Å². The van der Waals surface area contributed by atoms with Crippen LogP contribution in [0, 0.1) is 0 Å². The van der Waals surface area contributed by atoms with E-state index in [-0.39, 0.29) is 30.7 Å². The van der Waals surface area contributed by atoms with Crippen LogP contribution in [0.3, 0.4) is 0 Å². The molecule has 0 aliphatic carbocycles. The predicted molar refractivity (Wildman–Crippen MR) is 99.0 cm³/mol. The number of carbonyl (C=O) groups is 2. The number of nitrogens with zero attached hydrogens (tertiary/aromatic N) is 1. The maximum Gasteiger partial charge on any atom is 0.387 e.